The van der Waals surface area contributed by atoms with E-state index < -0.39 is 12.4 Å². The number of benzene rings is 2. The van der Waals surface area contributed by atoms with Gasteiger partial charge in [0.25, 0.3) is 0 Å². The lowest BCUT2D eigenvalue weighted by molar-refractivity contribution is -0.274. The first-order valence-electron chi connectivity index (χ1n) is 10.7. The quantitative estimate of drug-likeness (QED) is 0.417. The zero-order chi connectivity index (χ0) is 24.0. The molecule has 3 aromatic rings. The van der Waals surface area contributed by atoms with Gasteiger partial charge in [-0.2, -0.15) is 0 Å². The Morgan fingerprint density at radius 2 is 1.71 bits per heavy atom. The number of rotatable bonds is 6. The number of urea groups is 1. The van der Waals surface area contributed by atoms with E-state index in [1.54, 1.807) is 18.3 Å². The van der Waals surface area contributed by atoms with Crippen molar-refractivity contribution in [1.82, 2.24) is 10.3 Å². The number of amides is 2. The fraction of sp³-hybridized carbons (Fsp3) is 0.250. The van der Waals surface area contributed by atoms with Crippen molar-refractivity contribution in [1.29, 1.82) is 0 Å². The third kappa shape index (κ3) is 6.38. The van der Waals surface area contributed by atoms with E-state index >= 15 is 0 Å². The van der Waals surface area contributed by atoms with Crippen molar-refractivity contribution in [3.8, 4) is 17.4 Å². The largest absolute Gasteiger partial charge is 0.573 e. The molecule has 0 bridgehead atoms. The number of para-hydroxylation sites is 1. The van der Waals surface area contributed by atoms with Crippen LogP contribution in [-0.2, 0) is 0 Å². The Morgan fingerprint density at radius 3 is 2.44 bits per heavy atom. The van der Waals surface area contributed by atoms with Crippen molar-refractivity contribution in [3.05, 3.63) is 72.4 Å². The molecule has 3 N–H and O–H groups in total. The first kappa shape index (κ1) is 23.4. The number of nitrogens with one attached hydrogen (secondary N) is 3. The second-order valence-corrected chi connectivity index (χ2v) is 7.67. The number of alkyl halides is 3. The summed E-state index contributed by atoms with van der Waals surface area (Å²) in [4.78, 5) is 16.8. The van der Waals surface area contributed by atoms with Gasteiger partial charge in [0.05, 0.1) is 0 Å². The van der Waals surface area contributed by atoms with Crippen molar-refractivity contribution in [2.45, 2.75) is 25.1 Å². The molecule has 7 nitrogen and oxygen atoms in total. The summed E-state index contributed by atoms with van der Waals surface area (Å²) in [7, 11) is 0. The van der Waals surface area contributed by atoms with Crippen LogP contribution in [0.25, 0.3) is 0 Å². The van der Waals surface area contributed by atoms with Gasteiger partial charge in [-0.15, -0.1) is 13.2 Å². The molecule has 0 saturated carbocycles. The second kappa shape index (κ2) is 10.4. The van der Waals surface area contributed by atoms with Crippen molar-refractivity contribution in [3.63, 3.8) is 0 Å². The molecule has 1 aliphatic rings. The topological polar surface area (TPSA) is 84.5 Å². The van der Waals surface area contributed by atoms with Crippen molar-refractivity contribution >= 4 is 17.4 Å². The number of carbonyl (C=O) groups is 1. The van der Waals surface area contributed by atoms with E-state index in [0.717, 1.165) is 43.6 Å². The van der Waals surface area contributed by atoms with E-state index in [1.165, 1.54) is 12.1 Å². The Kier molecular flexibility index (Phi) is 7.17. The standard InChI is InChI=1S/C24H23F3N4O3/c25-24(26,27)34-18-9-7-17(8-10-18)30-23(32)31-20-5-3-13-29-22(20)33-21-6-2-1-4-19(21)16-11-14-28-15-12-16/h1-10,13,16,28H,11-12,14-15H2,(H2,30,31,32). The number of anilines is 2. The Balaban J connectivity index is 1.44. The highest BCUT2D eigenvalue weighted by atomic mass is 19.4. The van der Waals surface area contributed by atoms with E-state index in [0.29, 0.717) is 17.4 Å². The van der Waals surface area contributed by atoms with Crippen molar-refractivity contribution < 1.29 is 27.4 Å². The number of nitrogens with zero attached hydrogens (tertiary/aromatic N) is 1. The van der Waals surface area contributed by atoms with Crippen LogP contribution in [0.2, 0.25) is 0 Å². The molecule has 2 aromatic carbocycles. The fourth-order valence-corrected chi connectivity index (χ4v) is 3.74. The monoisotopic (exact) mass is 472 g/mol. The van der Waals surface area contributed by atoms with Crippen LogP contribution in [0.5, 0.6) is 17.4 Å². The molecule has 0 atom stereocenters. The second-order valence-electron chi connectivity index (χ2n) is 7.67. The van der Waals surface area contributed by atoms with Gasteiger partial charge in [0, 0.05) is 11.9 Å². The fourth-order valence-electron chi connectivity index (χ4n) is 3.74. The van der Waals surface area contributed by atoms with Crippen LogP contribution in [0.4, 0.5) is 29.3 Å². The van der Waals surface area contributed by atoms with Gasteiger partial charge in [0.15, 0.2) is 0 Å². The van der Waals surface area contributed by atoms with E-state index in [2.05, 4.69) is 25.7 Å². The SMILES string of the molecule is O=C(Nc1ccc(OC(F)(F)F)cc1)Nc1cccnc1Oc1ccccc1C1CCNCC1. The van der Waals surface area contributed by atoms with Crippen LogP contribution in [0.3, 0.4) is 0 Å². The predicted octanol–water partition coefficient (Wildman–Crippen LogP) is 5.88. The van der Waals surface area contributed by atoms with Gasteiger partial charge in [0.2, 0.25) is 5.88 Å². The van der Waals surface area contributed by atoms with Crippen LogP contribution in [-0.4, -0.2) is 30.5 Å². The smallest absolute Gasteiger partial charge is 0.437 e. The zero-order valence-corrected chi connectivity index (χ0v) is 18.1. The number of halogens is 3. The molecule has 1 saturated heterocycles. The minimum atomic E-state index is -4.78. The van der Waals surface area contributed by atoms with Crippen LogP contribution in [0.15, 0.2) is 66.9 Å². The molecule has 0 radical (unpaired) electrons. The summed E-state index contributed by atoms with van der Waals surface area (Å²) < 4.78 is 46.8. The summed E-state index contributed by atoms with van der Waals surface area (Å²) in [6, 6.07) is 15.3. The third-order valence-electron chi connectivity index (χ3n) is 5.27. The molecule has 0 spiro atoms. The predicted molar refractivity (Wildman–Crippen MR) is 121 cm³/mol. The lowest BCUT2D eigenvalue weighted by atomic mass is 9.89. The summed E-state index contributed by atoms with van der Waals surface area (Å²) in [5.74, 6) is 0.892. The summed E-state index contributed by atoms with van der Waals surface area (Å²) in [5, 5.41) is 8.58. The number of hydrogen-bond donors (Lipinski definition) is 3. The lowest BCUT2D eigenvalue weighted by Crippen LogP contribution is -2.26. The molecular formula is C24H23F3N4O3. The first-order chi connectivity index (χ1) is 16.4. The molecule has 34 heavy (non-hydrogen) atoms. The summed E-state index contributed by atoms with van der Waals surface area (Å²) >= 11 is 0. The molecule has 4 rings (SSSR count). The average molecular weight is 472 g/mol. The molecule has 2 heterocycles. The van der Waals surface area contributed by atoms with Gasteiger partial charge < -0.3 is 25.4 Å². The van der Waals surface area contributed by atoms with E-state index in [-0.39, 0.29) is 17.3 Å². The Hall–Kier alpha value is -3.79. The van der Waals surface area contributed by atoms with E-state index in [9.17, 15) is 18.0 Å². The molecule has 2 amide bonds. The van der Waals surface area contributed by atoms with Crippen LogP contribution in [0, 0.1) is 0 Å². The Bertz CT molecular complexity index is 1120. The van der Waals surface area contributed by atoms with Gasteiger partial charge in [-0.1, -0.05) is 18.2 Å². The maximum atomic E-state index is 12.5. The average Bonchev–Trinajstić information content (AvgIpc) is 2.82. The summed E-state index contributed by atoms with van der Waals surface area (Å²) in [6.45, 7) is 1.89. The van der Waals surface area contributed by atoms with Crippen LogP contribution >= 0.6 is 0 Å². The highest BCUT2D eigenvalue weighted by molar-refractivity contribution is 6.00. The Labute approximate surface area is 194 Å². The third-order valence-corrected chi connectivity index (χ3v) is 5.27. The van der Waals surface area contributed by atoms with Crippen molar-refractivity contribution in [2.75, 3.05) is 23.7 Å². The number of piperidine rings is 1. The maximum Gasteiger partial charge on any atom is 0.573 e. The van der Waals surface area contributed by atoms with Crippen LogP contribution in [0.1, 0.15) is 24.3 Å². The molecule has 1 fully saturated rings. The molecule has 0 aliphatic carbocycles. The van der Waals surface area contributed by atoms with E-state index in [4.69, 9.17) is 4.74 Å². The molecular weight excluding hydrogens is 449 g/mol. The lowest BCUT2D eigenvalue weighted by Gasteiger charge is -2.25. The summed E-state index contributed by atoms with van der Waals surface area (Å²) in [6.07, 6.45) is -1.22. The minimum Gasteiger partial charge on any atom is -0.437 e. The number of hydrogen-bond acceptors (Lipinski definition) is 5. The maximum absolute atomic E-state index is 12.5. The van der Waals surface area contributed by atoms with Gasteiger partial charge in [-0.25, -0.2) is 9.78 Å². The van der Waals surface area contributed by atoms with Crippen molar-refractivity contribution in [2.24, 2.45) is 0 Å². The molecule has 10 heteroatoms. The normalized spacial score (nSPS) is 14.3. The first-order valence-corrected chi connectivity index (χ1v) is 10.7. The molecule has 0 unspecified atom stereocenters. The van der Waals surface area contributed by atoms with Gasteiger partial charge in [-0.3, -0.25) is 0 Å². The summed E-state index contributed by atoms with van der Waals surface area (Å²) in [5.41, 5.74) is 1.72. The number of carbonyl (C=O) groups excluding carboxylic acids is 1. The highest BCUT2D eigenvalue weighted by Crippen LogP contribution is 2.36. The highest BCUT2D eigenvalue weighted by Gasteiger charge is 2.31. The van der Waals surface area contributed by atoms with E-state index in [1.807, 2.05) is 24.3 Å². The Morgan fingerprint density at radius 1 is 0.971 bits per heavy atom. The van der Waals surface area contributed by atoms with Crippen LogP contribution < -0.4 is 25.4 Å². The number of aromatic nitrogens is 1. The van der Waals surface area contributed by atoms with Gasteiger partial charge >= 0.3 is 12.4 Å². The van der Waals surface area contributed by atoms with Gasteiger partial charge in [0.1, 0.15) is 17.2 Å². The molecule has 1 aliphatic heterocycles. The molecule has 1 aromatic heterocycles. The van der Waals surface area contributed by atoms with Gasteiger partial charge in [-0.05, 0) is 79.9 Å². The number of pyridine rings is 1. The zero-order valence-electron chi connectivity index (χ0n) is 18.1. The number of ether oxygens (including phenoxy) is 2. The molecule has 178 valence electrons. The minimum absolute atomic E-state index is 0.230.